The van der Waals surface area contributed by atoms with Crippen molar-refractivity contribution >= 4 is 59.4 Å². The third-order valence-electron chi connectivity index (χ3n) is 5.69. The van der Waals surface area contributed by atoms with Gasteiger partial charge in [0.15, 0.2) is 0 Å². The van der Waals surface area contributed by atoms with Crippen LogP contribution in [0.25, 0.3) is 0 Å². The summed E-state index contributed by atoms with van der Waals surface area (Å²) in [5, 5.41) is 2.83. The van der Waals surface area contributed by atoms with Crippen molar-refractivity contribution in [3.05, 3.63) is 93.4 Å². The first-order chi connectivity index (χ1) is 17.6. The highest BCUT2D eigenvalue weighted by Crippen LogP contribution is 2.27. The molecule has 37 heavy (non-hydrogen) atoms. The molecule has 0 radical (unpaired) electrons. The Hall–Kier alpha value is -2.69. The summed E-state index contributed by atoms with van der Waals surface area (Å²) in [6, 6.07) is 21.3. The van der Waals surface area contributed by atoms with Crippen LogP contribution in [0.1, 0.15) is 25.8 Å². The standard InChI is InChI=1S/C27H29Br2N3O4S/c1-3-16-30-27(34)20(2)31(18-21-12-14-22(28)15-13-21)26(33)19-32(24-9-7-8-23(29)17-24)37(35,36)25-10-5-4-6-11-25/h4-15,17,20H,3,16,18-19H2,1-2H3,(H,30,34). The Balaban J connectivity index is 2.00. The molecule has 2 amide bonds. The zero-order valence-electron chi connectivity index (χ0n) is 20.6. The van der Waals surface area contributed by atoms with E-state index in [1.807, 2.05) is 31.2 Å². The topological polar surface area (TPSA) is 86.8 Å². The van der Waals surface area contributed by atoms with Gasteiger partial charge in [0.1, 0.15) is 12.6 Å². The number of carbonyl (C=O) groups is 2. The van der Waals surface area contributed by atoms with Gasteiger partial charge in [0, 0.05) is 22.0 Å². The lowest BCUT2D eigenvalue weighted by molar-refractivity contribution is -0.139. The quantitative estimate of drug-likeness (QED) is 0.303. The summed E-state index contributed by atoms with van der Waals surface area (Å²) in [6.07, 6.45) is 0.755. The smallest absolute Gasteiger partial charge is 0.264 e. The van der Waals surface area contributed by atoms with Crippen molar-refractivity contribution in [3.8, 4) is 0 Å². The molecule has 0 fully saturated rings. The minimum Gasteiger partial charge on any atom is -0.354 e. The Morgan fingerprint density at radius 3 is 2.22 bits per heavy atom. The van der Waals surface area contributed by atoms with E-state index in [-0.39, 0.29) is 17.3 Å². The van der Waals surface area contributed by atoms with Crippen molar-refractivity contribution in [2.24, 2.45) is 0 Å². The Kier molecular flexibility index (Phi) is 10.3. The normalized spacial score (nSPS) is 12.0. The first kappa shape index (κ1) is 28.9. The van der Waals surface area contributed by atoms with Crippen LogP contribution >= 0.6 is 31.9 Å². The Morgan fingerprint density at radius 2 is 1.59 bits per heavy atom. The molecule has 0 saturated carbocycles. The number of nitrogens with one attached hydrogen (secondary N) is 1. The summed E-state index contributed by atoms with van der Waals surface area (Å²) in [5.74, 6) is -0.797. The van der Waals surface area contributed by atoms with Gasteiger partial charge in [0.2, 0.25) is 11.8 Å². The Morgan fingerprint density at radius 1 is 0.919 bits per heavy atom. The van der Waals surface area contributed by atoms with Gasteiger partial charge in [-0.25, -0.2) is 8.42 Å². The lowest BCUT2D eigenvalue weighted by atomic mass is 10.1. The summed E-state index contributed by atoms with van der Waals surface area (Å²) in [7, 11) is -4.08. The highest BCUT2D eigenvalue weighted by atomic mass is 79.9. The van der Waals surface area contributed by atoms with Crippen LogP contribution in [-0.2, 0) is 26.2 Å². The summed E-state index contributed by atoms with van der Waals surface area (Å²) in [5.41, 5.74) is 1.14. The number of anilines is 1. The van der Waals surface area contributed by atoms with Crippen molar-refractivity contribution in [2.45, 2.75) is 37.8 Å². The van der Waals surface area contributed by atoms with Gasteiger partial charge in [-0.05, 0) is 61.4 Å². The van der Waals surface area contributed by atoms with Crippen molar-refractivity contribution in [2.75, 3.05) is 17.4 Å². The molecule has 3 aromatic carbocycles. The lowest BCUT2D eigenvalue weighted by Crippen LogP contribution is -2.51. The number of nitrogens with zero attached hydrogens (tertiary/aromatic N) is 2. The van der Waals surface area contributed by atoms with Crippen molar-refractivity contribution < 1.29 is 18.0 Å². The lowest BCUT2D eigenvalue weighted by Gasteiger charge is -2.32. The van der Waals surface area contributed by atoms with E-state index in [2.05, 4.69) is 37.2 Å². The molecule has 196 valence electrons. The first-order valence-corrected chi connectivity index (χ1v) is 14.8. The van der Waals surface area contributed by atoms with Crippen LogP contribution in [0.5, 0.6) is 0 Å². The molecule has 0 aliphatic carbocycles. The molecule has 0 bridgehead atoms. The number of sulfonamides is 1. The summed E-state index contributed by atoms with van der Waals surface area (Å²) in [6.45, 7) is 3.74. The first-order valence-electron chi connectivity index (χ1n) is 11.8. The average Bonchev–Trinajstić information content (AvgIpc) is 2.89. The number of hydrogen-bond acceptors (Lipinski definition) is 4. The van der Waals surface area contributed by atoms with Gasteiger partial charge < -0.3 is 10.2 Å². The zero-order valence-corrected chi connectivity index (χ0v) is 24.6. The van der Waals surface area contributed by atoms with E-state index in [9.17, 15) is 18.0 Å². The minimum absolute atomic E-state index is 0.0657. The van der Waals surface area contributed by atoms with Gasteiger partial charge in [0.25, 0.3) is 10.0 Å². The number of benzene rings is 3. The predicted molar refractivity (Wildman–Crippen MR) is 153 cm³/mol. The van der Waals surface area contributed by atoms with E-state index in [1.54, 1.807) is 49.4 Å². The van der Waals surface area contributed by atoms with Crippen LogP contribution in [0.3, 0.4) is 0 Å². The maximum absolute atomic E-state index is 13.8. The molecule has 1 unspecified atom stereocenters. The second kappa shape index (κ2) is 13.2. The van der Waals surface area contributed by atoms with Gasteiger partial charge in [-0.15, -0.1) is 0 Å². The van der Waals surface area contributed by atoms with Crippen LogP contribution in [0, 0.1) is 0 Å². The van der Waals surface area contributed by atoms with Crippen LogP contribution in [0.15, 0.2) is 92.7 Å². The Bertz CT molecular complexity index is 1320. The molecule has 0 aliphatic heterocycles. The highest BCUT2D eigenvalue weighted by molar-refractivity contribution is 9.10. The largest absolute Gasteiger partial charge is 0.354 e. The molecule has 0 aliphatic rings. The second-order valence-corrected chi connectivity index (χ2v) is 12.1. The van der Waals surface area contributed by atoms with Gasteiger partial charge in [-0.3, -0.25) is 13.9 Å². The molecular formula is C27H29Br2N3O4S. The maximum Gasteiger partial charge on any atom is 0.264 e. The molecular weight excluding hydrogens is 622 g/mol. The molecule has 7 nitrogen and oxygen atoms in total. The van der Waals surface area contributed by atoms with E-state index >= 15 is 0 Å². The minimum atomic E-state index is -4.08. The summed E-state index contributed by atoms with van der Waals surface area (Å²) >= 11 is 6.80. The molecule has 10 heteroatoms. The van der Waals surface area contributed by atoms with E-state index in [1.165, 1.54) is 17.0 Å². The number of carbonyl (C=O) groups excluding carboxylic acids is 2. The molecule has 0 heterocycles. The predicted octanol–water partition coefficient (Wildman–Crippen LogP) is 5.35. The zero-order chi connectivity index (χ0) is 27.0. The number of halogens is 2. The van der Waals surface area contributed by atoms with E-state index in [0.29, 0.717) is 16.7 Å². The Labute approximate surface area is 235 Å². The van der Waals surface area contributed by atoms with Crippen LogP contribution < -0.4 is 9.62 Å². The SMILES string of the molecule is CCCNC(=O)C(C)N(Cc1ccc(Br)cc1)C(=O)CN(c1cccc(Br)c1)S(=O)(=O)c1ccccc1. The molecule has 0 saturated heterocycles. The second-order valence-electron chi connectivity index (χ2n) is 8.42. The third kappa shape index (κ3) is 7.66. The molecule has 1 N–H and O–H groups in total. The number of hydrogen-bond donors (Lipinski definition) is 1. The van der Waals surface area contributed by atoms with Gasteiger partial charge in [-0.1, -0.05) is 75.2 Å². The summed E-state index contributed by atoms with van der Waals surface area (Å²) in [4.78, 5) is 28.1. The fourth-order valence-electron chi connectivity index (χ4n) is 3.64. The monoisotopic (exact) mass is 649 g/mol. The van der Waals surface area contributed by atoms with E-state index < -0.39 is 28.5 Å². The molecule has 0 spiro atoms. The number of rotatable bonds is 11. The van der Waals surface area contributed by atoms with Crippen LogP contribution in [0.4, 0.5) is 5.69 Å². The van der Waals surface area contributed by atoms with Crippen LogP contribution in [-0.4, -0.2) is 44.3 Å². The third-order valence-corrected chi connectivity index (χ3v) is 8.50. The van der Waals surface area contributed by atoms with E-state index in [4.69, 9.17) is 0 Å². The average molecular weight is 651 g/mol. The van der Waals surface area contributed by atoms with Crippen molar-refractivity contribution in [1.29, 1.82) is 0 Å². The maximum atomic E-state index is 13.8. The van der Waals surface area contributed by atoms with Gasteiger partial charge >= 0.3 is 0 Å². The van der Waals surface area contributed by atoms with E-state index in [0.717, 1.165) is 20.8 Å². The highest BCUT2D eigenvalue weighted by Gasteiger charge is 2.32. The van der Waals surface area contributed by atoms with Gasteiger partial charge in [-0.2, -0.15) is 0 Å². The summed E-state index contributed by atoms with van der Waals surface area (Å²) < 4.78 is 30.0. The van der Waals surface area contributed by atoms with Crippen molar-refractivity contribution in [3.63, 3.8) is 0 Å². The number of amides is 2. The molecule has 3 aromatic rings. The molecule has 3 rings (SSSR count). The fourth-order valence-corrected chi connectivity index (χ4v) is 5.72. The molecule has 0 aromatic heterocycles. The fraction of sp³-hybridized carbons (Fsp3) is 0.259. The molecule has 1 atom stereocenters. The van der Waals surface area contributed by atoms with Crippen LogP contribution in [0.2, 0.25) is 0 Å². The van der Waals surface area contributed by atoms with Gasteiger partial charge in [0.05, 0.1) is 10.6 Å². The van der Waals surface area contributed by atoms with Crippen molar-refractivity contribution in [1.82, 2.24) is 10.2 Å².